The maximum absolute atomic E-state index is 11.9. The minimum atomic E-state index is -0.288. The number of unbranched alkanes of at least 4 members (excludes halogenated alkanes) is 1. The average molecular weight is 252 g/mol. The first kappa shape index (κ1) is 14.6. The van der Waals surface area contributed by atoms with Gasteiger partial charge in [0, 0.05) is 13.2 Å². The van der Waals surface area contributed by atoms with Gasteiger partial charge in [0.25, 0.3) is 0 Å². The summed E-state index contributed by atoms with van der Waals surface area (Å²) < 4.78 is 7.06. The first-order valence-corrected chi connectivity index (χ1v) is 6.67. The molecule has 1 rings (SSSR count). The third-order valence-electron chi connectivity index (χ3n) is 3.23. The molecule has 102 valence electrons. The zero-order valence-corrected chi connectivity index (χ0v) is 11.6. The molecule has 4 heteroatoms. The molecule has 0 saturated heterocycles. The number of aromatic nitrogens is 1. The molecule has 1 atom stereocenters. The summed E-state index contributed by atoms with van der Waals surface area (Å²) in [7, 11) is 1.79. The van der Waals surface area contributed by atoms with Gasteiger partial charge in [-0.1, -0.05) is 33.1 Å². The zero-order valence-electron chi connectivity index (χ0n) is 11.6. The summed E-state index contributed by atoms with van der Waals surface area (Å²) in [6.45, 7) is 4.81. The van der Waals surface area contributed by atoms with Crippen molar-refractivity contribution >= 4 is 11.7 Å². The molecule has 18 heavy (non-hydrogen) atoms. The third-order valence-corrected chi connectivity index (χ3v) is 3.23. The lowest BCUT2D eigenvalue weighted by Crippen LogP contribution is -2.16. The van der Waals surface area contributed by atoms with Gasteiger partial charge in [0.1, 0.15) is 5.69 Å². The lowest BCUT2D eigenvalue weighted by molar-refractivity contribution is 0.0417. The van der Waals surface area contributed by atoms with Crippen molar-refractivity contribution in [2.45, 2.75) is 39.5 Å². The van der Waals surface area contributed by atoms with Crippen molar-refractivity contribution in [2.24, 2.45) is 13.0 Å². The minimum Gasteiger partial charge on any atom is -0.461 e. The molecule has 0 amide bonds. The summed E-state index contributed by atoms with van der Waals surface area (Å²) in [4.78, 5) is 11.9. The van der Waals surface area contributed by atoms with Crippen LogP contribution in [-0.4, -0.2) is 17.1 Å². The molecule has 0 spiro atoms. The van der Waals surface area contributed by atoms with Crippen LogP contribution < -0.4 is 5.73 Å². The van der Waals surface area contributed by atoms with E-state index in [9.17, 15) is 4.79 Å². The first-order valence-electron chi connectivity index (χ1n) is 6.67. The van der Waals surface area contributed by atoms with Crippen molar-refractivity contribution in [2.75, 3.05) is 12.3 Å². The van der Waals surface area contributed by atoms with E-state index in [4.69, 9.17) is 10.5 Å². The molecule has 0 aliphatic heterocycles. The van der Waals surface area contributed by atoms with E-state index in [0.717, 1.165) is 12.8 Å². The van der Waals surface area contributed by atoms with Gasteiger partial charge in [-0.25, -0.2) is 4.79 Å². The van der Waals surface area contributed by atoms with Crippen LogP contribution >= 0.6 is 0 Å². The van der Waals surface area contributed by atoms with Gasteiger partial charge in [-0.3, -0.25) is 0 Å². The number of ether oxygens (including phenoxy) is 1. The SMILES string of the molecule is CCCCC(CC)COC(=O)c1cc(N)cn1C. The summed E-state index contributed by atoms with van der Waals surface area (Å²) in [5.41, 5.74) is 6.73. The van der Waals surface area contributed by atoms with Crippen LogP contribution in [-0.2, 0) is 11.8 Å². The molecule has 0 saturated carbocycles. The van der Waals surface area contributed by atoms with Gasteiger partial charge in [-0.05, 0) is 18.4 Å². The van der Waals surface area contributed by atoms with Gasteiger partial charge in [-0.15, -0.1) is 0 Å². The van der Waals surface area contributed by atoms with Crippen LogP contribution in [0.2, 0.25) is 0 Å². The van der Waals surface area contributed by atoms with E-state index in [1.54, 1.807) is 23.9 Å². The van der Waals surface area contributed by atoms with Crippen molar-refractivity contribution < 1.29 is 9.53 Å². The normalized spacial score (nSPS) is 12.4. The number of esters is 1. The quantitative estimate of drug-likeness (QED) is 0.759. The Hall–Kier alpha value is -1.45. The third kappa shape index (κ3) is 4.09. The number of nitrogens with two attached hydrogens (primary N) is 1. The smallest absolute Gasteiger partial charge is 0.355 e. The minimum absolute atomic E-state index is 0.288. The van der Waals surface area contributed by atoms with Gasteiger partial charge in [0.2, 0.25) is 0 Å². The second-order valence-corrected chi connectivity index (χ2v) is 4.78. The Kier molecular flexibility index (Phi) is 5.75. The predicted octanol–water partition coefficient (Wildman–Crippen LogP) is 2.98. The Bertz CT molecular complexity index is 385. The van der Waals surface area contributed by atoms with Gasteiger partial charge in [-0.2, -0.15) is 0 Å². The van der Waals surface area contributed by atoms with Gasteiger partial charge in [0.05, 0.1) is 12.3 Å². The van der Waals surface area contributed by atoms with E-state index in [0.29, 0.717) is 23.9 Å². The maximum atomic E-state index is 11.9. The maximum Gasteiger partial charge on any atom is 0.355 e. The van der Waals surface area contributed by atoms with Gasteiger partial charge < -0.3 is 15.0 Å². The fourth-order valence-electron chi connectivity index (χ4n) is 1.96. The highest BCUT2D eigenvalue weighted by molar-refractivity contribution is 5.89. The largest absolute Gasteiger partial charge is 0.461 e. The van der Waals surface area contributed by atoms with E-state index >= 15 is 0 Å². The molecule has 0 fully saturated rings. The molecule has 1 unspecified atom stereocenters. The highest BCUT2D eigenvalue weighted by Gasteiger charge is 2.14. The highest BCUT2D eigenvalue weighted by Crippen LogP contribution is 2.15. The molecular weight excluding hydrogens is 228 g/mol. The second-order valence-electron chi connectivity index (χ2n) is 4.78. The molecule has 1 aromatic heterocycles. The van der Waals surface area contributed by atoms with Crippen molar-refractivity contribution in [3.05, 3.63) is 18.0 Å². The van der Waals surface area contributed by atoms with Crippen LogP contribution in [0, 0.1) is 5.92 Å². The number of nitrogen functional groups attached to an aromatic ring is 1. The Balaban J connectivity index is 2.47. The van der Waals surface area contributed by atoms with Crippen molar-refractivity contribution in [1.82, 2.24) is 4.57 Å². The lowest BCUT2D eigenvalue weighted by atomic mass is 10.0. The monoisotopic (exact) mass is 252 g/mol. The van der Waals surface area contributed by atoms with E-state index in [1.807, 2.05) is 0 Å². The van der Waals surface area contributed by atoms with Gasteiger partial charge in [0.15, 0.2) is 0 Å². The van der Waals surface area contributed by atoms with E-state index < -0.39 is 0 Å². The van der Waals surface area contributed by atoms with Gasteiger partial charge >= 0.3 is 5.97 Å². The molecule has 0 radical (unpaired) electrons. The van der Waals surface area contributed by atoms with Crippen molar-refractivity contribution in [3.8, 4) is 0 Å². The topological polar surface area (TPSA) is 57.2 Å². The summed E-state index contributed by atoms with van der Waals surface area (Å²) in [6.07, 6.45) is 6.25. The number of carbonyl (C=O) groups is 1. The Morgan fingerprint density at radius 2 is 2.22 bits per heavy atom. The van der Waals surface area contributed by atoms with Crippen LogP contribution in [0.1, 0.15) is 50.0 Å². The predicted molar refractivity (Wildman–Crippen MR) is 73.4 cm³/mol. The van der Waals surface area contributed by atoms with E-state index in [2.05, 4.69) is 13.8 Å². The molecule has 1 aromatic rings. The molecule has 0 aliphatic rings. The first-order chi connectivity index (χ1) is 8.58. The van der Waals surface area contributed by atoms with Crippen molar-refractivity contribution in [1.29, 1.82) is 0 Å². The Morgan fingerprint density at radius 1 is 1.50 bits per heavy atom. The summed E-state index contributed by atoms with van der Waals surface area (Å²) >= 11 is 0. The number of nitrogens with zero attached hydrogens (tertiary/aromatic N) is 1. The van der Waals surface area contributed by atoms with Crippen LogP contribution in [0.3, 0.4) is 0 Å². The number of hydrogen-bond acceptors (Lipinski definition) is 3. The average Bonchev–Trinajstić information content (AvgIpc) is 2.68. The number of anilines is 1. The fraction of sp³-hybridized carbons (Fsp3) is 0.643. The fourth-order valence-corrected chi connectivity index (χ4v) is 1.96. The Labute approximate surface area is 109 Å². The standard InChI is InChI=1S/C14H24N2O2/c1-4-6-7-11(5-2)10-18-14(17)13-8-12(15)9-16(13)3/h8-9,11H,4-7,10,15H2,1-3H3. The number of rotatable bonds is 7. The van der Waals surface area contributed by atoms with Crippen LogP contribution in [0.15, 0.2) is 12.3 Å². The van der Waals surface area contributed by atoms with Crippen LogP contribution in [0.25, 0.3) is 0 Å². The summed E-state index contributed by atoms with van der Waals surface area (Å²) in [5.74, 6) is 0.177. The lowest BCUT2D eigenvalue weighted by Gasteiger charge is -2.14. The number of carbonyl (C=O) groups excluding carboxylic acids is 1. The molecule has 1 heterocycles. The molecule has 0 aliphatic carbocycles. The molecule has 2 N–H and O–H groups in total. The molecule has 0 bridgehead atoms. The van der Waals surface area contributed by atoms with E-state index in [1.165, 1.54) is 12.8 Å². The molecular formula is C14H24N2O2. The number of hydrogen-bond donors (Lipinski definition) is 1. The van der Waals surface area contributed by atoms with E-state index in [-0.39, 0.29) is 5.97 Å². The second kappa shape index (κ2) is 7.09. The zero-order chi connectivity index (χ0) is 13.5. The highest BCUT2D eigenvalue weighted by atomic mass is 16.5. The van der Waals surface area contributed by atoms with Crippen molar-refractivity contribution in [3.63, 3.8) is 0 Å². The molecule has 4 nitrogen and oxygen atoms in total. The summed E-state index contributed by atoms with van der Waals surface area (Å²) in [6, 6.07) is 1.65. The van der Waals surface area contributed by atoms with Crippen LogP contribution in [0.5, 0.6) is 0 Å². The number of aryl methyl sites for hydroxylation is 1. The molecule has 0 aromatic carbocycles. The summed E-state index contributed by atoms with van der Waals surface area (Å²) in [5, 5.41) is 0. The van der Waals surface area contributed by atoms with Crippen LogP contribution in [0.4, 0.5) is 5.69 Å². The Morgan fingerprint density at radius 3 is 2.72 bits per heavy atom.